The summed E-state index contributed by atoms with van der Waals surface area (Å²) in [6, 6.07) is 3.51. The van der Waals surface area contributed by atoms with Crippen molar-refractivity contribution in [3.8, 4) is 0 Å². The molecule has 2 aliphatic rings. The Morgan fingerprint density at radius 3 is 2.31 bits per heavy atom. The fourth-order valence-electron chi connectivity index (χ4n) is 4.16. The molecule has 0 saturated carbocycles. The van der Waals surface area contributed by atoms with Gasteiger partial charge < -0.3 is 14.5 Å². The molecule has 2 saturated heterocycles. The van der Waals surface area contributed by atoms with E-state index in [0.29, 0.717) is 70.7 Å². The quantitative estimate of drug-likeness (QED) is 0.538. The third-order valence-electron chi connectivity index (χ3n) is 6.13. The van der Waals surface area contributed by atoms with Crippen LogP contribution in [0.3, 0.4) is 0 Å². The Labute approximate surface area is 190 Å². The number of hydrogen-bond donors (Lipinski definition) is 0. The summed E-state index contributed by atoms with van der Waals surface area (Å²) in [7, 11) is -3.20. The molecule has 3 heterocycles. The van der Waals surface area contributed by atoms with Crippen LogP contribution in [0.5, 0.6) is 0 Å². The van der Waals surface area contributed by atoms with E-state index >= 15 is 0 Å². The van der Waals surface area contributed by atoms with Crippen molar-refractivity contribution >= 4 is 27.7 Å². The monoisotopic (exact) mass is 466 g/mol. The Morgan fingerprint density at radius 1 is 1.06 bits per heavy atom. The maximum atomic E-state index is 13.0. The molecule has 0 spiro atoms. The van der Waals surface area contributed by atoms with Gasteiger partial charge in [-0.05, 0) is 38.3 Å². The van der Waals surface area contributed by atoms with Crippen LogP contribution >= 0.6 is 0 Å². The number of pyridine rings is 1. The van der Waals surface area contributed by atoms with Crippen molar-refractivity contribution in [3.05, 3.63) is 23.9 Å². The lowest BCUT2D eigenvalue weighted by atomic mass is 9.96. The van der Waals surface area contributed by atoms with E-state index < -0.39 is 10.0 Å². The van der Waals surface area contributed by atoms with Crippen molar-refractivity contribution in [3.63, 3.8) is 0 Å². The molecule has 1 amide bonds. The Bertz CT molecular complexity index is 874. The number of ether oxygens (including phenoxy) is 1. The molecule has 3 rings (SSSR count). The number of anilines is 1. The molecule has 0 atom stereocenters. The topological polar surface area (TPSA) is 100 Å². The van der Waals surface area contributed by atoms with Gasteiger partial charge in [0.15, 0.2) is 0 Å². The standard InChI is InChI=1S/C22H34N4O5S/c1-3-5-16-32(29,30)26-10-8-18(9-11-26)21(27)25-14-12-24(13-15-25)20-7-6-19(17-23-20)22(28)31-4-2/h6-7,17-18H,3-5,8-16H2,1-2H3. The predicted octanol–water partition coefficient (Wildman–Crippen LogP) is 1.75. The van der Waals surface area contributed by atoms with Crippen molar-refractivity contribution in [2.24, 2.45) is 5.92 Å². The minimum absolute atomic E-state index is 0.110. The molecule has 0 N–H and O–H groups in total. The van der Waals surface area contributed by atoms with Crippen LogP contribution in [0.4, 0.5) is 5.82 Å². The van der Waals surface area contributed by atoms with E-state index in [0.717, 1.165) is 12.2 Å². The molecule has 1 aromatic rings. The van der Waals surface area contributed by atoms with E-state index in [4.69, 9.17) is 4.74 Å². The van der Waals surface area contributed by atoms with Gasteiger partial charge in [-0.1, -0.05) is 13.3 Å². The number of esters is 1. The number of aromatic nitrogens is 1. The summed E-state index contributed by atoms with van der Waals surface area (Å²) in [5, 5.41) is 0. The van der Waals surface area contributed by atoms with Gasteiger partial charge in [0.05, 0.1) is 17.9 Å². The summed E-state index contributed by atoms with van der Waals surface area (Å²) in [6.45, 7) is 7.48. The zero-order valence-electron chi connectivity index (χ0n) is 19.0. The lowest BCUT2D eigenvalue weighted by Gasteiger charge is -2.38. The molecule has 0 aromatic carbocycles. The average molecular weight is 467 g/mol. The van der Waals surface area contributed by atoms with Crippen LogP contribution in [0, 0.1) is 5.92 Å². The molecule has 2 aliphatic heterocycles. The highest BCUT2D eigenvalue weighted by Gasteiger charge is 2.33. The molecule has 0 aliphatic carbocycles. The predicted molar refractivity (Wildman–Crippen MR) is 122 cm³/mol. The van der Waals surface area contributed by atoms with Crippen LogP contribution in [0.25, 0.3) is 0 Å². The second-order valence-corrected chi connectivity index (χ2v) is 10.4. The zero-order chi connectivity index (χ0) is 23.1. The number of carbonyl (C=O) groups excluding carboxylic acids is 2. The number of amides is 1. The van der Waals surface area contributed by atoms with Crippen LogP contribution in [0.1, 0.15) is 49.9 Å². The van der Waals surface area contributed by atoms with Crippen molar-refractivity contribution in [2.45, 2.75) is 39.5 Å². The van der Waals surface area contributed by atoms with Crippen LogP contribution < -0.4 is 4.90 Å². The number of piperidine rings is 1. The fraction of sp³-hybridized carbons (Fsp3) is 0.682. The second-order valence-electron chi connectivity index (χ2n) is 8.28. The van der Waals surface area contributed by atoms with E-state index in [9.17, 15) is 18.0 Å². The highest BCUT2D eigenvalue weighted by molar-refractivity contribution is 7.89. The number of carbonyl (C=O) groups is 2. The number of nitrogens with zero attached hydrogens (tertiary/aromatic N) is 4. The largest absolute Gasteiger partial charge is 0.462 e. The van der Waals surface area contributed by atoms with Crippen LogP contribution in [-0.4, -0.2) is 86.1 Å². The minimum Gasteiger partial charge on any atom is -0.462 e. The van der Waals surface area contributed by atoms with E-state index in [1.54, 1.807) is 23.4 Å². The summed E-state index contributed by atoms with van der Waals surface area (Å²) in [4.78, 5) is 33.1. The van der Waals surface area contributed by atoms with Gasteiger partial charge in [-0.15, -0.1) is 0 Å². The average Bonchev–Trinajstić information content (AvgIpc) is 2.83. The molecule has 0 radical (unpaired) electrons. The summed E-state index contributed by atoms with van der Waals surface area (Å²) in [6.07, 6.45) is 4.22. The first-order valence-corrected chi connectivity index (χ1v) is 13.1. The third kappa shape index (κ3) is 5.98. The molecule has 2 fully saturated rings. The van der Waals surface area contributed by atoms with Crippen LogP contribution in [0.2, 0.25) is 0 Å². The fourth-order valence-corrected chi connectivity index (χ4v) is 5.84. The van der Waals surface area contributed by atoms with Crippen LogP contribution in [0.15, 0.2) is 18.3 Å². The number of unbranched alkanes of at least 4 members (excludes halogenated alkanes) is 1. The van der Waals surface area contributed by atoms with Crippen molar-refractivity contribution < 1.29 is 22.7 Å². The summed E-state index contributed by atoms with van der Waals surface area (Å²) < 4.78 is 31.3. The lowest BCUT2D eigenvalue weighted by Crippen LogP contribution is -2.52. The first-order chi connectivity index (χ1) is 15.4. The number of rotatable bonds is 8. The van der Waals surface area contributed by atoms with E-state index in [-0.39, 0.29) is 23.5 Å². The highest BCUT2D eigenvalue weighted by Crippen LogP contribution is 2.24. The molecular weight excluding hydrogens is 432 g/mol. The van der Waals surface area contributed by atoms with Crippen molar-refractivity contribution in [1.29, 1.82) is 0 Å². The molecule has 178 valence electrons. The second kappa shape index (κ2) is 11.1. The van der Waals surface area contributed by atoms with E-state index in [1.165, 1.54) is 6.20 Å². The van der Waals surface area contributed by atoms with Gasteiger partial charge in [0, 0.05) is 51.4 Å². The molecule has 32 heavy (non-hydrogen) atoms. The molecule has 9 nitrogen and oxygen atoms in total. The maximum absolute atomic E-state index is 13.0. The first-order valence-electron chi connectivity index (χ1n) is 11.5. The third-order valence-corrected chi connectivity index (χ3v) is 8.08. The smallest absolute Gasteiger partial charge is 0.339 e. The molecule has 0 bridgehead atoms. The normalized spacial score (nSPS) is 18.6. The summed E-state index contributed by atoms with van der Waals surface area (Å²) in [5.41, 5.74) is 0.424. The van der Waals surface area contributed by atoms with Gasteiger partial charge in [0.25, 0.3) is 0 Å². The number of sulfonamides is 1. The van der Waals surface area contributed by atoms with Gasteiger partial charge in [-0.2, -0.15) is 0 Å². The van der Waals surface area contributed by atoms with Gasteiger partial charge in [-0.3, -0.25) is 4.79 Å². The van der Waals surface area contributed by atoms with E-state index in [2.05, 4.69) is 9.88 Å². The maximum Gasteiger partial charge on any atom is 0.339 e. The number of piperazine rings is 1. The van der Waals surface area contributed by atoms with Crippen molar-refractivity contribution in [2.75, 3.05) is 56.5 Å². The highest BCUT2D eigenvalue weighted by atomic mass is 32.2. The molecular formula is C22H34N4O5S. The Kier molecular flexibility index (Phi) is 8.47. The molecule has 10 heteroatoms. The van der Waals surface area contributed by atoms with Gasteiger partial charge in [-0.25, -0.2) is 22.5 Å². The zero-order valence-corrected chi connectivity index (χ0v) is 19.8. The van der Waals surface area contributed by atoms with Gasteiger partial charge in [0.1, 0.15) is 5.82 Å². The van der Waals surface area contributed by atoms with Gasteiger partial charge in [0.2, 0.25) is 15.9 Å². The SMILES string of the molecule is CCCCS(=O)(=O)N1CCC(C(=O)N2CCN(c3ccc(C(=O)OCC)cn3)CC2)CC1. The summed E-state index contributed by atoms with van der Waals surface area (Å²) in [5.74, 6) is 0.600. The first kappa shape index (κ1) is 24.4. The molecule has 1 aromatic heterocycles. The number of hydrogen-bond acceptors (Lipinski definition) is 7. The van der Waals surface area contributed by atoms with Crippen LogP contribution in [-0.2, 0) is 19.6 Å². The minimum atomic E-state index is -3.20. The Balaban J connectivity index is 1.47. The Morgan fingerprint density at radius 2 is 1.75 bits per heavy atom. The van der Waals surface area contributed by atoms with E-state index in [1.807, 2.05) is 11.8 Å². The molecule has 0 unspecified atom stereocenters. The van der Waals surface area contributed by atoms with Gasteiger partial charge >= 0.3 is 5.97 Å². The van der Waals surface area contributed by atoms with Crippen molar-refractivity contribution in [1.82, 2.24) is 14.2 Å². The summed E-state index contributed by atoms with van der Waals surface area (Å²) >= 11 is 0. The lowest BCUT2D eigenvalue weighted by molar-refractivity contribution is -0.137. The Hall–Kier alpha value is -2.20.